The minimum absolute atomic E-state index is 0.0777. The summed E-state index contributed by atoms with van der Waals surface area (Å²) in [6.07, 6.45) is 4.01. The zero-order valence-electron chi connectivity index (χ0n) is 13.0. The fraction of sp³-hybridized carbons (Fsp3) is 0.286. The number of nitrogens with one attached hydrogen (secondary N) is 1. The van der Waals surface area contributed by atoms with Crippen LogP contribution in [0.15, 0.2) is 29.0 Å². The number of hydrogen-bond acceptors (Lipinski definition) is 8. The highest BCUT2D eigenvalue weighted by Gasteiger charge is 2.15. The molecule has 0 radical (unpaired) electrons. The summed E-state index contributed by atoms with van der Waals surface area (Å²) in [7, 11) is 1.67. The van der Waals surface area contributed by atoms with Gasteiger partial charge in [-0.25, -0.2) is 0 Å². The van der Waals surface area contributed by atoms with Gasteiger partial charge in [0.25, 0.3) is 0 Å². The molecule has 0 fully saturated rings. The Morgan fingerprint density at radius 2 is 2.29 bits per heavy atom. The molecule has 10 heteroatoms. The molecular weight excluding hydrogens is 312 g/mol. The quantitative estimate of drug-likeness (QED) is 0.663. The lowest BCUT2D eigenvalue weighted by Gasteiger charge is -2.13. The Morgan fingerprint density at radius 1 is 1.42 bits per heavy atom. The molecule has 0 aliphatic rings. The number of hydrogen-bond donors (Lipinski definition) is 2. The minimum atomic E-state index is -0.0777. The van der Waals surface area contributed by atoms with Gasteiger partial charge in [-0.3, -0.25) is 14.9 Å². The van der Waals surface area contributed by atoms with E-state index in [1.165, 1.54) is 4.90 Å². The van der Waals surface area contributed by atoms with E-state index in [2.05, 4.69) is 30.3 Å². The third-order valence-electron chi connectivity index (χ3n) is 3.31. The largest absolute Gasteiger partial charge is 0.367 e. The monoisotopic (exact) mass is 328 g/mol. The van der Waals surface area contributed by atoms with Gasteiger partial charge in [-0.2, -0.15) is 9.97 Å². The van der Waals surface area contributed by atoms with Crippen molar-refractivity contribution < 1.29 is 9.32 Å². The van der Waals surface area contributed by atoms with Crippen molar-refractivity contribution in [3.05, 3.63) is 36.2 Å². The van der Waals surface area contributed by atoms with E-state index < -0.39 is 0 Å². The molecule has 10 nitrogen and oxygen atoms in total. The van der Waals surface area contributed by atoms with Crippen LogP contribution in [-0.4, -0.2) is 48.2 Å². The Kier molecular flexibility index (Phi) is 4.45. The summed E-state index contributed by atoms with van der Waals surface area (Å²) in [5.41, 5.74) is 6.17. The number of rotatable bonds is 6. The first-order valence-corrected chi connectivity index (χ1v) is 7.25. The Bertz CT molecular complexity index is 813. The normalized spacial score (nSPS) is 10.7. The molecule has 124 valence electrons. The van der Waals surface area contributed by atoms with Gasteiger partial charge in [0.2, 0.25) is 23.6 Å². The molecule has 0 atom stereocenters. The molecule has 0 saturated heterocycles. The highest BCUT2D eigenvalue weighted by Crippen LogP contribution is 2.14. The van der Waals surface area contributed by atoms with Gasteiger partial charge in [0.1, 0.15) is 5.82 Å². The van der Waals surface area contributed by atoms with Crippen molar-refractivity contribution in [1.82, 2.24) is 35.2 Å². The lowest BCUT2D eigenvalue weighted by atomic mass is 10.2. The average Bonchev–Trinajstić information content (AvgIpc) is 3.22. The predicted molar refractivity (Wildman–Crippen MR) is 83.1 cm³/mol. The van der Waals surface area contributed by atoms with Crippen LogP contribution in [0.3, 0.4) is 0 Å². The van der Waals surface area contributed by atoms with Crippen LogP contribution in [0.4, 0.5) is 5.95 Å². The summed E-state index contributed by atoms with van der Waals surface area (Å²) in [5.74, 6) is 1.46. The van der Waals surface area contributed by atoms with Crippen molar-refractivity contribution in [2.45, 2.75) is 19.4 Å². The zero-order valence-corrected chi connectivity index (χ0v) is 13.0. The fourth-order valence-electron chi connectivity index (χ4n) is 2.06. The minimum Gasteiger partial charge on any atom is -0.367 e. The van der Waals surface area contributed by atoms with Crippen molar-refractivity contribution in [3.8, 4) is 11.4 Å². The molecule has 0 aromatic carbocycles. The molecule has 1 amide bonds. The molecular formula is C14H16N8O2. The first-order chi connectivity index (χ1) is 11.6. The number of aromatic nitrogens is 6. The number of H-pyrrole nitrogens is 1. The third kappa shape index (κ3) is 3.72. The highest BCUT2D eigenvalue weighted by molar-refractivity contribution is 5.75. The van der Waals surface area contributed by atoms with Crippen LogP contribution in [0, 0.1) is 0 Å². The van der Waals surface area contributed by atoms with E-state index in [4.69, 9.17) is 10.3 Å². The van der Waals surface area contributed by atoms with Gasteiger partial charge in [0.15, 0.2) is 0 Å². The molecule has 0 aliphatic carbocycles. The topological polar surface area (TPSA) is 140 Å². The number of nitrogens with two attached hydrogens (primary N) is 1. The first kappa shape index (κ1) is 15.6. The summed E-state index contributed by atoms with van der Waals surface area (Å²) in [4.78, 5) is 25.9. The van der Waals surface area contributed by atoms with Crippen LogP contribution in [0.5, 0.6) is 0 Å². The van der Waals surface area contributed by atoms with Gasteiger partial charge in [0.05, 0.1) is 6.54 Å². The van der Waals surface area contributed by atoms with Gasteiger partial charge in [0, 0.05) is 37.8 Å². The third-order valence-corrected chi connectivity index (χ3v) is 3.31. The van der Waals surface area contributed by atoms with Crippen LogP contribution < -0.4 is 5.73 Å². The second kappa shape index (κ2) is 6.86. The Hall–Kier alpha value is -3.30. The van der Waals surface area contributed by atoms with Gasteiger partial charge in [-0.15, -0.1) is 5.10 Å². The first-order valence-electron chi connectivity index (χ1n) is 7.25. The number of nitrogens with zero attached hydrogens (tertiary/aromatic N) is 6. The van der Waals surface area contributed by atoms with Crippen molar-refractivity contribution in [2.24, 2.45) is 0 Å². The van der Waals surface area contributed by atoms with Gasteiger partial charge in [-0.05, 0) is 12.1 Å². The summed E-state index contributed by atoms with van der Waals surface area (Å²) in [5, 5.41) is 10.3. The molecule has 3 rings (SSSR count). The summed E-state index contributed by atoms with van der Waals surface area (Å²) < 4.78 is 5.18. The van der Waals surface area contributed by atoms with Gasteiger partial charge >= 0.3 is 0 Å². The van der Waals surface area contributed by atoms with Crippen LogP contribution in [0.1, 0.15) is 18.1 Å². The van der Waals surface area contributed by atoms with Crippen molar-refractivity contribution in [2.75, 3.05) is 12.8 Å². The van der Waals surface area contributed by atoms with E-state index in [-0.39, 0.29) is 24.8 Å². The fourth-order valence-corrected chi connectivity index (χ4v) is 2.06. The second-order valence-electron chi connectivity index (χ2n) is 5.14. The average molecular weight is 328 g/mol. The Morgan fingerprint density at radius 3 is 3.00 bits per heavy atom. The molecule has 0 saturated carbocycles. The Labute approximate surface area is 137 Å². The number of nitrogen functional groups attached to an aromatic ring is 1. The molecule has 0 unspecified atom stereocenters. The number of pyridine rings is 1. The SMILES string of the molecule is CN(Cc1nc(-c2cccnc2)no1)C(=O)CCc1nc(N)n[nH]1. The maximum atomic E-state index is 12.1. The van der Waals surface area contributed by atoms with Gasteiger partial charge < -0.3 is 15.2 Å². The number of anilines is 1. The van der Waals surface area contributed by atoms with Gasteiger partial charge in [-0.1, -0.05) is 5.16 Å². The van der Waals surface area contributed by atoms with Crippen molar-refractivity contribution in [1.29, 1.82) is 0 Å². The number of carbonyl (C=O) groups is 1. The van der Waals surface area contributed by atoms with E-state index >= 15 is 0 Å². The lowest BCUT2D eigenvalue weighted by molar-refractivity contribution is -0.130. The number of carbonyl (C=O) groups excluding carboxylic acids is 1. The lowest BCUT2D eigenvalue weighted by Crippen LogP contribution is -2.26. The maximum Gasteiger partial charge on any atom is 0.246 e. The molecule has 3 N–H and O–H groups in total. The molecule has 3 aromatic heterocycles. The number of aromatic amines is 1. The van der Waals surface area contributed by atoms with E-state index in [0.717, 1.165) is 5.56 Å². The van der Waals surface area contributed by atoms with Crippen LogP contribution >= 0.6 is 0 Å². The molecule has 3 aromatic rings. The smallest absolute Gasteiger partial charge is 0.246 e. The molecule has 0 spiro atoms. The second-order valence-corrected chi connectivity index (χ2v) is 5.14. The van der Waals surface area contributed by atoms with E-state index in [9.17, 15) is 4.79 Å². The summed E-state index contributed by atoms with van der Waals surface area (Å²) in [6, 6.07) is 3.62. The molecule has 0 bridgehead atoms. The van der Waals surface area contributed by atoms with Crippen molar-refractivity contribution >= 4 is 11.9 Å². The molecule has 24 heavy (non-hydrogen) atoms. The van der Waals surface area contributed by atoms with Crippen LogP contribution in [-0.2, 0) is 17.8 Å². The van der Waals surface area contributed by atoms with Crippen LogP contribution in [0.2, 0.25) is 0 Å². The number of amides is 1. The summed E-state index contributed by atoms with van der Waals surface area (Å²) >= 11 is 0. The highest BCUT2D eigenvalue weighted by atomic mass is 16.5. The van der Waals surface area contributed by atoms with Crippen LogP contribution in [0.25, 0.3) is 11.4 Å². The number of aryl methyl sites for hydroxylation is 1. The van der Waals surface area contributed by atoms with E-state index in [1.54, 1.807) is 25.5 Å². The molecule has 0 aliphatic heterocycles. The molecule has 3 heterocycles. The summed E-state index contributed by atoms with van der Waals surface area (Å²) in [6.45, 7) is 0.227. The van der Waals surface area contributed by atoms with Crippen molar-refractivity contribution in [3.63, 3.8) is 0 Å². The van der Waals surface area contributed by atoms with E-state index in [1.807, 2.05) is 6.07 Å². The maximum absolute atomic E-state index is 12.1. The predicted octanol–water partition coefficient (Wildman–Crippen LogP) is 0.423. The van der Waals surface area contributed by atoms with E-state index in [0.29, 0.717) is 24.0 Å². The standard InChI is InChI=1S/C14H16N8O2/c1-22(12(23)5-4-10-17-14(15)20-19-10)8-11-18-13(21-24-11)9-3-2-6-16-7-9/h2-3,6-7H,4-5,8H2,1H3,(H3,15,17,19,20). The zero-order chi connectivity index (χ0) is 16.9. The Balaban J connectivity index is 1.55.